The largest absolute Gasteiger partial charge is 0.262 e. The SMILES string of the molecule is C=C(C)C(C)/C=C\C(=C)[N+](=O)[O-]. The van der Waals surface area contributed by atoms with Gasteiger partial charge in [0.15, 0.2) is 0 Å². The third-order valence-corrected chi connectivity index (χ3v) is 1.59. The highest BCUT2D eigenvalue weighted by Crippen LogP contribution is 2.09. The molecular weight excluding hydrogens is 154 g/mol. The summed E-state index contributed by atoms with van der Waals surface area (Å²) < 4.78 is 0. The quantitative estimate of drug-likeness (QED) is 0.279. The smallest absolute Gasteiger partial charge is 0.258 e. The molecule has 0 aromatic carbocycles. The first-order valence-electron chi connectivity index (χ1n) is 3.62. The fraction of sp³-hybridized carbons (Fsp3) is 0.333. The predicted octanol–water partition coefficient (Wildman–Crippen LogP) is 2.55. The topological polar surface area (TPSA) is 43.1 Å². The molecule has 0 saturated heterocycles. The zero-order chi connectivity index (χ0) is 9.72. The van der Waals surface area contributed by atoms with Crippen molar-refractivity contribution in [3.8, 4) is 0 Å². The van der Waals surface area contributed by atoms with Gasteiger partial charge in [-0.25, -0.2) is 0 Å². The molecule has 12 heavy (non-hydrogen) atoms. The van der Waals surface area contributed by atoms with Gasteiger partial charge in [-0.05, 0) is 19.4 Å². The summed E-state index contributed by atoms with van der Waals surface area (Å²) in [6.45, 7) is 10.8. The second-order valence-corrected chi connectivity index (χ2v) is 2.74. The van der Waals surface area contributed by atoms with Crippen molar-refractivity contribution in [1.82, 2.24) is 0 Å². The van der Waals surface area contributed by atoms with E-state index in [-0.39, 0.29) is 11.6 Å². The maximum absolute atomic E-state index is 10.1. The van der Waals surface area contributed by atoms with E-state index in [1.165, 1.54) is 6.08 Å². The number of rotatable bonds is 4. The van der Waals surface area contributed by atoms with E-state index < -0.39 is 4.92 Å². The Hall–Kier alpha value is -1.38. The van der Waals surface area contributed by atoms with Gasteiger partial charge >= 0.3 is 0 Å². The minimum Gasteiger partial charge on any atom is -0.258 e. The zero-order valence-electron chi connectivity index (χ0n) is 7.41. The van der Waals surface area contributed by atoms with Crippen molar-refractivity contribution in [3.63, 3.8) is 0 Å². The Morgan fingerprint density at radius 3 is 2.42 bits per heavy atom. The van der Waals surface area contributed by atoms with Crippen LogP contribution in [0.3, 0.4) is 0 Å². The molecule has 0 heterocycles. The van der Waals surface area contributed by atoms with Crippen LogP contribution in [0.2, 0.25) is 0 Å². The normalized spacial score (nSPS) is 12.8. The van der Waals surface area contributed by atoms with Gasteiger partial charge in [0.25, 0.3) is 5.70 Å². The van der Waals surface area contributed by atoms with Crippen LogP contribution in [-0.2, 0) is 0 Å². The number of hydrogen-bond donors (Lipinski definition) is 0. The highest BCUT2D eigenvalue weighted by Gasteiger charge is 2.02. The Bertz CT molecular complexity index is 241. The second-order valence-electron chi connectivity index (χ2n) is 2.74. The molecule has 0 spiro atoms. The molecule has 0 fully saturated rings. The number of nitrogens with zero attached hydrogens (tertiary/aromatic N) is 1. The monoisotopic (exact) mass is 167 g/mol. The lowest BCUT2D eigenvalue weighted by Crippen LogP contribution is -1.95. The maximum Gasteiger partial charge on any atom is 0.262 e. The van der Waals surface area contributed by atoms with Crippen LogP contribution in [0, 0.1) is 16.0 Å². The van der Waals surface area contributed by atoms with Gasteiger partial charge in [-0.3, -0.25) is 10.1 Å². The third-order valence-electron chi connectivity index (χ3n) is 1.59. The Balaban J connectivity index is 4.16. The molecule has 1 unspecified atom stereocenters. The zero-order valence-corrected chi connectivity index (χ0v) is 7.41. The van der Waals surface area contributed by atoms with Gasteiger partial charge in [0.1, 0.15) is 0 Å². The standard InChI is InChI=1S/C9H13NO2/c1-7(2)8(3)5-6-9(4)10(11)12/h5-6,8H,1,4H2,2-3H3/b6-5-. The number of allylic oxidation sites excluding steroid dienone is 3. The molecule has 66 valence electrons. The van der Waals surface area contributed by atoms with Crippen LogP contribution >= 0.6 is 0 Å². The molecule has 0 aliphatic carbocycles. The van der Waals surface area contributed by atoms with Crippen LogP contribution in [0.25, 0.3) is 0 Å². The van der Waals surface area contributed by atoms with E-state index in [0.29, 0.717) is 0 Å². The molecule has 0 aliphatic heterocycles. The van der Waals surface area contributed by atoms with E-state index in [4.69, 9.17) is 0 Å². The van der Waals surface area contributed by atoms with Crippen LogP contribution in [0.15, 0.2) is 36.6 Å². The molecule has 3 heteroatoms. The van der Waals surface area contributed by atoms with Crippen LogP contribution in [0.5, 0.6) is 0 Å². The van der Waals surface area contributed by atoms with Crippen molar-refractivity contribution in [2.75, 3.05) is 0 Å². The average molecular weight is 167 g/mol. The molecule has 1 atom stereocenters. The lowest BCUT2D eigenvalue weighted by atomic mass is 10.0. The van der Waals surface area contributed by atoms with E-state index in [0.717, 1.165) is 5.57 Å². The summed E-state index contributed by atoms with van der Waals surface area (Å²) in [5.41, 5.74) is 0.880. The first kappa shape index (κ1) is 10.6. The number of hydrogen-bond acceptors (Lipinski definition) is 2. The fourth-order valence-corrected chi connectivity index (χ4v) is 0.481. The molecule has 0 rings (SSSR count). The Morgan fingerprint density at radius 1 is 1.58 bits per heavy atom. The van der Waals surface area contributed by atoms with Gasteiger partial charge in [0.2, 0.25) is 0 Å². The Kier molecular flexibility index (Phi) is 3.97. The lowest BCUT2D eigenvalue weighted by Gasteiger charge is -2.02. The molecule has 3 nitrogen and oxygen atoms in total. The minimum atomic E-state index is -0.512. The summed E-state index contributed by atoms with van der Waals surface area (Å²) in [6.07, 6.45) is 3.12. The second kappa shape index (κ2) is 4.49. The molecule has 0 bridgehead atoms. The summed E-state index contributed by atoms with van der Waals surface area (Å²) in [7, 11) is 0. The van der Waals surface area contributed by atoms with Crippen molar-refractivity contribution in [2.24, 2.45) is 5.92 Å². The Morgan fingerprint density at radius 2 is 2.08 bits per heavy atom. The van der Waals surface area contributed by atoms with E-state index in [1.54, 1.807) is 6.08 Å². The summed E-state index contributed by atoms with van der Waals surface area (Å²) in [6, 6.07) is 0. The van der Waals surface area contributed by atoms with Gasteiger partial charge in [-0.15, -0.1) is 0 Å². The van der Waals surface area contributed by atoms with Crippen LogP contribution in [-0.4, -0.2) is 4.92 Å². The molecular formula is C9H13NO2. The molecule has 0 amide bonds. The van der Waals surface area contributed by atoms with Gasteiger partial charge in [-0.1, -0.05) is 25.2 Å². The first-order chi connectivity index (χ1) is 5.45. The summed E-state index contributed by atoms with van der Waals surface area (Å²) >= 11 is 0. The lowest BCUT2D eigenvalue weighted by molar-refractivity contribution is -0.418. The molecule has 0 radical (unpaired) electrons. The fourth-order valence-electron chi connectivity index (χ4n) is 0.481. The van der Waals surface area contributed by atoms with Gasteiger partial charge < -0.3 is 0 Å². The van der Waals surface area contributed by atoms with Gasteiger partial charge in [-0.2, -0.15) is 0 Å². The van der Waals surface area contributed by atoms with E-state index in [9.17, 15) is 10.1 Å². The molecule has 0 saturated carbocycles. The van der Waals surface area contributed by atoms with Crippen molar-refractivity contribution in [3.05, 3.63) is 46.7 Å². The highest BCUT2D eigenvalue weighted by atomic mass is 16.6. The summed E-state index contributed by atoms with van der Waals surface area (Å²) in [5.74, 6) is 0.154. The maximum atomic E-state index is 10.1. The van der Waals surface area contributed by atoms with Crippen LogP contribution in [0.4, 0.5) is 0 Å². The molecule has 0 N–H and O–H groups in total. The average Bonchev–Trinajstić information content (AvgIpc) is 1.98. The summed E-state index contributed by atoms with van der Waals surface area (Å²) in [4.78, 5) is 9.60. The highest BCUT2D eigenvalue weighted by molar-refractivity contribution is 5.12. The third kappa shape index (κ3) is 3.71. The minimum absolute atomic E-state index is 0.0944. The van der Waals surface area contributed by atoms with Gasteiger partial charge in [0, 0.05) is 6.08 Å². The number of nitro groups is 1. The van der Waals surface area contributed by atoms with Crippen molar-refractivity contribution in [1.29, 1.82) is 0 Å². The molecule has 0 aromatic rings. The first-order valence-corrected chi connectivity index (χ1v) is 3.62. The predicted molar refractivity (Wildman–Crippen MR) is 49.3 cm³/mol. The Labute approximate surface area is 72.2 Å². The van der Waals surface area contributed by atoms with E-state index in [2.05, 4.69) is 13.2 Å². The van der Waals surface area contributed by atoms with Crippen LogP contribution in [0.1, 0.15) is 13.8 Å². The van der Waals surface area contributed by atoms with Crippen molar-refractivity contribution in [2.45, 2.75) is 13.8 Å². The summed E-state index contributed by atoms with van der Waals surface area (Å²) in [5, 5.41) is 10.1. The van der Waals surface area contributed by atoms with Crippen molar-refractivity contribution < 1.29 is 4.92 Å². The molecule has 0 aliphatic rings. The molecule has 0 aromatic heterocycles. The van der Waals surface area contributed by atoms with E-state index >= 15 is 0 Å². The van der Waals surface area contributed by atoms with Gasteiger partial charge in [0.05, 0.1) is 4.92 Å². The van der Waals surface area contributed by atoms with Crippen molar-refractivity contribution >= 4 is 0 Å². The van der Waals surface area contributed by atoms with Crippen LogP contribution < -0.4 is 0 Å². The van der Waals surface area contributed by atoms with E-state index in [1.807, 2.05) is 13.8 Å².